The van der Waals surface area contributed by atoms with Gasteiger partial charge in [0.15, 0.2) is 50.3 Å². The Morgan fingerprint density at radius 3 is 0.537 bits per heavy atom. The zero-order valence-electron chi connectivity index (χ0n) is 49.6. The Kier molecular flexibility index (Phi) is 42.0. The summed E-state index contributed by atoms with van der Waals surface area (Å²) >= 11 is 0. The Labute approximate surface area is 535 Å². The molecule has 0 aromatic carbocycles. The maximum atomic E-state index is 9.12. The van der Waals surface area contributed by atoms with E-state index >= 15 is 0 Å². The smallest absolute Gasteiger partial charge is 0.184 e. The van der Waals surface area contributed by atoms with Crippen molar-refractivity contribution in [3.63, 3.8) is 0 Å². The molecule has 0 radical (unpaired) electrons. The van der Waals surface area contributed by atoms with Crippen molar-refractivity contribution >= 4 is 0 Å². The van der Waals surface area contributed by atoms with Crippen LogP contribution in [0.5, 0.6) is 0 Å². The van der Waals surface area contributed by atoms with E-state index in [1.165, 1.54) is 0 Å². The van der Waals surface area contributed by atoms with Crippen molar-refractivity contribution in [2.45, 2.75) is 246 Å². The van der Waals surface area contributed by atoms with Crippen molar-refractivity contribution in [1.29, 1.82) is 0 Å². The van der Waals surface area contributed by atoms with Crippen LogP contribution < -0.4 is 0 Å². The van der Waals surface area contributed by atoms with Gasteiger partial charge < -0.3 is 237 Å². The lowest BCUT2D eigenvalue weighted by atomic mass is 10.00. The molecule has 8 heterocycles. The topological polar surface area (TPSA) is 863 Å². The molecule has 39 N–H and O–H groups in total. The van der Waals surface area contributed by atoms with E-state index < -0.39 is 292 Å². The molecule has 8 rings (SSSR count). The van der Waals surface area contributed by atoms with E-state index in [1.54, 1.807) is 0 Å². The van der Waals surface area contributed by atoms with Crippen molar-refractivity contribution in [1.82, 2.24) is 0 Å². The summed E-state index contributed by atoms with van der Waals surface area (Å²) in [5.74, 6) is 0. The summed E-state index contributed by atoms with van der Waals surface area (Å²) < 4.78 is 36.8. The lowest BCUT2D eigenvalue weighted by Gasteiger charge is -2.37. The third-order valence-electron chi connectivity index (χ3n) is 14.7. The maximum absolute atomic E-state index is 9.12. The monoisotopic (exact) mass is 1420 g/mol. The molecule has 0 bridgehead atoms. The molecule has 0 aromatic heterocycles. The van der Waals surface area contributed by atoms with E-state index in [4.69, 9.17) is 204 Å². The van der Waals surface area contributed by atoms with Crippen LogP contribution in [-0.2, 0) is 37.9 Å². The third-order valence-corrected chi connectivity index (χ3v) is 14.7. The molecule has 0 aliphatic carbocycles. The zero-order chi connectivity index (χ0) is 73.5. The Hall–Kier alpha value is -1.88. The van der Waals surface area contributed by atoms with Crippen LogP contribution in [0.2, 0.25) is 0 Å². The molecular weight excluding hydrogens is 1330 g/mol. The summed E-state index contributed by atoms with van der Waals surface area (Å²) in [5.41, 5.74) is 0. The molecule has 0 amide bonds. The standard InChI is InChI=1S/7C6H12O6.C6H12O5/c3*7-1-2(8)5-3(9)4(10)6(11)12-5;4*7-1-2-3(8)4(9)5(10)6(11)12-2;7-2-4(9)6-3(8)1-5(10)11-6/h7*2-11H,1H2;3-10H,1-2H2/t2-,3+,4+,5+,6+;2-,3+,4+,5+,6-;2-,3+,4-,5+,6+;2*2?,3-,4-,5?,6+;2*2?,3-,4-,5?,6-;3-,4+,5+,6+/m00011111/s1. The predicted octanol–water partition coefficient (Wildman–Crippen LogP) is -24.7. The molecule has 39 atom stereocenters. The predicted molar refractivity (Wildman–Crippen MR) is 286 cm³/mol. The van der Waals surface area contributed by atoms with Crippen molar-refractivity contribution in [3.8, 4) is 0 Å². The number of ether oxygens (including phenoxy) is 8. The first-order chi connectivity index (χ1) is 44.2. The van der Waals surface area contributed by atoms with Crippen LogP contribution >= 0.6 is 0 Å². The van der Waals surface area contributed by atoms with E-state index in [0.717, 1.165) is 0 Å². The van der Waals surface area contributed by atoms with E-state index in [2.05, 4.69) is 33.2 Å². The molecule has 8 aliphatic rings. The average molecular weight is 1430 g/mol. The van der Waals surface area contributed by atoms with Crippen LogP contribution in [-0.4, -0.2) is 492 Å². The molecule has 8 unspecified atom stereocenters. The van der Waals surface area contributed by atoms with Gasteiger partial charge in [-0.1, -0.05) is 0 Å². The van der Waals surface area contributed by atoms with Gasteiger partial charge in [-0.2, -0.15) is 0 Å². The first kappa shape index (κ1) is 91.1. The van der Waals surface area contributed by atoms with Gasteiger partial charge in [0.2, 0.25) is 0 Å². The van der Waals surface area contributed by atoms with E-state index in [0.29, 0.717) is 0 Å². The molecule has 47 nitrogen and oxygen atoms in total. The minimum Gasteiger partial charge on any atom is -0.394 e. The summed E-state index contributed by atoms with van der Waals surface area (Å²) in [7, 11) is 0. The molecule has 8 aliphatic heterocycles. The fraction of sp³-hybridized carbons (Fsp3) is 1.00. The number of aliphatic hydroxyl groups is 39. The Balaban J connectivity index is 0.000000543. The lowest BCUT2D eigenvalue weighted by Crippen LogP contribution is -2.58. The molecule has 0 saturated carbocycles. The second kappa shape index (κ2) is 43.8. The van der Waals surface area contributed by atoms with Crippen LogP contribution in [0.1, 0.15) is 6.42 Å². The molecule has 95 heavy (non-hydrogen) atoms. The minimum absolute atomic E-state index is 0.0850. The highest BCUT2D eigenvalue weighted by atomic mass is 16.7. The summed E-state index contributed by atoms with van der Waals surface area (Å²) in [6.45, 7) is -4.37. The zero-order valence-corrected chi connectivity index (χ0v) is 49.6. The highest BCUT2D eigenvalue weighted by molar-refractivity contribution is 4.94. The lowest BCUT2D eigenvalue weighted by molar-refractivity contribution is -0.286. The minimum atomic E-state index is -1.57. The van der Waals surface area contributed by atoms with E-state index in [1.807, 2.05) is 0 Å². The number of hydrogen-bond acceptors (Lipinski definition) is 47. The molecule has 8 saturated heterocycles. The second-order valence-electron chi connectivity index (χ2n) is 21.7. The van der Waals surface area contributed by atoms with Crippen molar-refractivity contribution in [2.75, 3.05) is 52.9 Å². The van der Waals surface area contributed by atoms with Crippen LogP contribution in [0.25, 0.3) is 0 Å². The first-order valence-electron chi connectivity index (χ1n) is 28.4. The van der Waals surface area contributed by atoms with Gasteiger partial charge in [-0.05, 0) is 0 Å². The second-order valence-corrected chi connectivity index (χ2v) is 21.7. The van der Waals surface area contributed by atoms with E-state index in [9.17, 15) is 0 Å². The van der Waals surface area contributed by atoms with Gasteiger partial charge in [-0.15, -0.1) is 0 Å². The van der Waals surface area contributed by atoms with Crippen molar-refractivity contribution in [2.24, 2.45) is 0 Å². The number of hydrogen-bond donors (Lipinski definition) is 39. The number of aliphatic hydroxyl groups excluding tert-OH is 39. The van der Waals surface area contributed by atoms with Gasteiger partial charge in [0.1, 0.15) is 183 Å². The van der Waals surface area contributed by atoms with Crippen LogP contribution in [0.4, 0.5) is 0 Å². The summed E-state index contributed by atoms with van der Waals surface area (Å²) in [6, 6.07) is 0. The largest absolute Gasteiger partial charge is 0.394 e. The van der Waals surface area contributed by atoms with Crippen LogP contribution in [0.3, 0.4) is 0 Å². The van der Waals surface area contributed by atoms with Gasteiger partial charge >= 0.3 is 0 Å². The Morgan fingerprint density at radius 1 is 0.211 bits per heavy atom. The first-order valence-corrected chi connectivity index (χ1v) is 28.4. The third kappa shape index (κ3) is 25.9. The van der Waals surface area contributed by atoms with Gasteiger partial charge in [0, 0.05) is 6.42 Å². The summed E-state index contributed by atoms with van der Waals surface area (Å²) in [5, 5.41) is 347. The fourth-order valence-electron chi connectivity index (χ4n) is 8.77. The Morgan fingerprint density at radius 2 is 0.389 bits per heavy atom. The van der Waals surface area contributed by atoms with Crippen LogP contribution in [0, 0.1) is 0 Å². The fourth-order valence-corrected chi connectivity index (χ4v) is 8.77. The van der Waals surface area contributed by atoms with E-state index in [-0.39, 0.29) is 6.42 Å². The summed E-state index contributed by atoms with van der Waals surface area (Å²) in [4.78, 5) is 0. The molecule has 0 aromatic rings. The Bertz CT molecular complexity index is 1750. The SMILES string of the molecule is OCC1O[C@@H](O)C(O)[C@H](O)[C@@H]1O.OCC1O[C@@H](O)C(O)[C@H](O)[C@@H]1O.OCC1O[C@H](O)C(O)[C@H](O)[C@@H]1O.OCC1O[C@H](O)C(O)[C@H](O)[C@@H]1O.OC[C@H](O)[C@H]1O[C@@H](O)[C@@H](O)[C@H]1O.OC[C@H](O)[C@H]1O[C@@H](O)[C@H](O)[C@H]1O.OC[C@H](O)[C@H]1O[C@H](O)C[C@H]1O.OC[C@H](O)[C@H]1O[C@H](O)[C@H](O)[C@H]1O. The number of rotatable bonds is 12. The molecule has 570 valence electrons. The average Bonchev–Trinajstić information content (AvgIpc) is 1.87. The van der Waals surface area contributed by atoms with Gasteiger partial charge in [0.25, 0.3) is 0 Å². The van der Waals surface area contributed by atoms with Crippen molar-refractivity contribution < 1.29 is 237 Å². The summed E-state index contributed by atoms with van der Waals surface area (Å²) in [6.07, 6.45) is -52.3. The van der Waals surface area contributed by atoms with Crippen molar-refractivity contribution in [3.05, 3.63) is 0 Å². The van der Waals surface area contributed by atoms with Gasteiger partial charge in [-0.25, -0.2) is 0 Å². The molecule has 8 fully saturated rings. The van der Waals surface area contributed by atoms with Gasteiger partial charge in [0.05, 0.1) is 59.0 Å². The molecule has 0 spiro atoms. The highest BCUT2D eigenvalue weighted by Gasteiger charge is 2.49. The highest BCUT2D eigenvalue weighted by Crippen LogP contribution is 2.27. The van der Waals surface area contributed by atoms with Crippen LogP contribution in [0.15, 0.2) is 0 Å². The quantitative estimate of drug-likeness (QED) is 0.0863. The molecule has 47 heteroatoms. The normalized spacial score (nSPS) is 46.6. The van der Waals surface area contributed by atoms with Gasteiger partial charge in [-0.3, -0.25) is 0 Å². The maximum Gasteiger partial charge on any atom is 0.184 e. The molecular formula is C48H96O47.